The van der Waals surface area contributed by atoms with Crippen molar-refractivity contribution in [2.45, 2.75) is 19.9 Å². The van der Waals surface area contributed by atoms with Crippen LogP contribution in [0, 0.1) is 0 Å². The van der Waals surface area contributed by atoms with E-state index in [1.165, 1.54) is 4.68 Å². The summed E-state index contributed by atoms with van der Waals surface area (Å²) in [6, 6.07) is 21.4. The molecule has 3 aromatic carbocycles. The molecule has 4 aromatic rings. The highest BCUT2D eigenvalue weighted by atomic mass is 79.9. The molecule has 0 atom stereocenters. The van der Waals surface area contributed by atoms with Gasteiger partial charge in [0, 0.05) is 4.47 Å². The molecule has 1 aromatic heterocycles. The summed E-state index contributed by atoms with van der Waals surface area (Å²) < 4.78 is 8.97. The Labute approximate surface area is 189 Å². The van der Waals surface area contributed by atoms with E-state index in [4.69, 9.17) is 4.74 Å². The van der Waals surface area contributed by atoms with Gasteiger partial charge in [-0.1, -0.05) is 70.5 Å². The topological polar surface area (TPSA) is 66.1 Å². The summed E-state index contributed by atoms with van der Waals surface area (Å²) in [5, 5.41) is 6.21. The Bertz CT molecular complexity index is 1320. The summed E-state index contributed by atoms with van der Waals surface area (Å²) in [5.74, 6) is 0. The number of aromatic nitrogens is 3. The van der Waals surface area contributed by atoms with Crippen LogP contribution in [0.2, 0.25) is 0 Å². The van der Waals surface area contributed by atoms with E-state index in [-0.39, 0.29) is 17.9 Å². The Balaban J connectivity index is 1.63. The molecule has 152 valence electrons. The van der Waals surface area contributed by atoms with Crippen LogP contribution < -0.4 is 11.2 Å². The van der Waals surface area contributed by atoms with Gasteiger partial charge in [-0.05, 0) is 50.0 Å². The maximum Gasteiger partial charge on any atom is 0.349 e. The summed E-state index contributed by atoms with van der Waals surface area (Å²) in [6.45, 7) is 0.371. The molecular formula is C22H17Br2N3O3. The zero-order valence-corrected chi connectivity index (χ0v) is 19.0. The van der Waals surface area contributed by atoms with Crippen molar-refractivity contribution < 1.29 is 4.74 Å². The van der Waals surface area contributed by atoms with Crippen LogP contribution in [0.1, 0.15) is 11.1 Å². The van der Waals surface area contributed by atoms with Gasteiger partial charge in [-0.3, -0.25) is 4.79 Å². The summed E-state index contributed by atoms with van der Waals surface area (Å²) in [5.41, 5.74) is 0.842. The van der Waals surface area contributed by atoms with Gasteiger partial charge in [0.2, 0.25) is 0 Å². The molecule has 0 amide bonds. The van der Waals surface area contributed by atoms with Gasteiger partial charge in [0.05, 0.1) is 13.2 Å². The van der Waals surface area contributed by atoms with E-state index < -0.39 is 11.2 Å². The van der Waals surface area contributed by atoms with Crippen molar-refractivity contribution in [1.29, 1.82) is 0 Å². The van der Waals surface area contributed by atoms with Gasteiger partial charge >= 0.3 is 5.69 Å². The van der Waals surface area contributed by atoms with E-state index >= 15 is 0 Å². The van der Waals surface area contributed by atoms with Crippen LogP contribution >= 0.6 is 31.9 Å². The SMILES string of the molecule is O=c1c(Br)nn(Cc2cccc3cc(Br)ccc23)c(=O)n1COCc1ccccc1. The molecule has 4 rings (SSSR count). The Hall–Kier alpha value is -2.55. The minimum atomic E-state index is -0.523. The standard InChI is InChI=1S/C22H17Br2N3O3/c23-18-9-10-19-16(11-18)7-4-8-17(19)12-27-22(29)26(21(28)20(24)25-27)14-30-13-15-5-2-1-3-6-15/h1-11H,12-14H2. The van der Waals surface area contributed by atoms with Crippen LogP contribution in [0.4, 0.5) is 0 Å². The second-order valence-corrected chi connectivity index (χ2v) is 8.38. The van der Waals surface area contributed by atoms with Gasteiger partial charge in [-0.15, -0.1) is 0 Å². The highest BCUT2D eigenvalue weighted by molar-refractivity contribution is 9.10. The van der Waals surface area contributed by atoms with Gasteiger partial charge in [0.15, 0.2) is 4.60 Å². The number of benzene rings is 3. The third-order valence-corrected chi connectivity index (χ3v) is 5.66. The fourth-order valence-corrected chi connectivity index (χ4v) is 3.98. The van der Waals surface area contributed by atoms with Crippen molar-refractivity contribution in [3.05, 3.63) is 108 Å². The lowest BCUT2D eigenvalue weighted by atomic mass is 10.0. The van der Waals surface area contributed by atoms with Gasteiger partial charge in [0.1, 0.15) is 6.73 Å². The van der Waals surface area contributed by atoms with E-state index in [9.17, 15) is 9.59 Å². The van der Waals surface area contributed by atoms with Crippen LogP contribution in [-0.2, 0) is 24.6 Å². The first-order valence-corrected chi connectivity index (χ1v) is 10.8. The molecule has 0 saturated heterocycles. The molecule has 0 N–H and O–H groups in total. The van der Waals surface area contributed by atoms with Crippen LogP contribution in [0.5, 0.6) is 0 Å². The van der Waals surface area contributed by atoms with E-state index in [1.807, 2.05) is 66.7 Å². The third kappa shape index (κ3) is 4.45. The van der Waals surface area contributed by atoms with E-state index in [1.54, 1.807) is 0 Å². The fraction of sp³-hybridized carbons (Fsp3) is 0.136. The molecule has 30 heavy (non-hydrogen) atoms. The first kappa shape index (κ1) is 20.7. The number of nitrogens with zero attached hydrogens (tertiary/aromatic N) is 3. The second-order valence-electron chi connectivity index (χ2n) is 6.71. The lowest BCUT2D eigenvalue weighted by molar-refractivity contribution is 0.0569. The molecule has 0 unspecified atom stereocenters. The van der Waals surface area contributed by atoms with Crippen LogP contribution in [0.3, 0.4) is 0 Å². The quantitative estimate of drug-likeness (QED) is 0.372. The van der Waals surface area contributed by atoms with Gasteiger partial charge in [-0.25, -0.2) is 14.0 Å². The van der Waals surface area contributed by atoms with Crippen molar-refractivity contribution in [3.8, 4) is 0 Å². The summed E-state index contributed by atoms with van der Waals surface area (Å²) in [4.78, 5) is 25.4. The molecule has 1 heterocycles. The predicted molar refractivity (Wildman–Crippen MR) is 122 cm³/mol. The van der Waals surface area contributed by atoms with Crippen LogP contribution in [0.15, 0.2) is 85.4 Å². The molecule has 0 aliphatic carbocycles. The summed E-state index contributed by atoms with van der Waals surface area (Å²) in [7, 11) is 0. The van der Waals surface area contributed by atoms with Crippen molar-refractivity contribution >= 4 is 42.6 Å². The molecule has 0 spiro atoms. The Morgan fingerprint density at radius 3 is 2.53 bits per heavy atom. The average molecular weight is 531 g/mol. The molecule has 6 nitrogen and oxygen atoms in total. The van der Waals surface area contributed by atoms with Crippen LogP contribution in [0.25, 0.3) is 10.8 Å². The normalized spacial score (nSPS) is 11.1. The second kappa shape index (κ2) is 9.07. The Morgan fingerprint density at radius 1 is 0.933 bits per heavy atom. The van der Waals surface area contributed by atoms with Gasteiger partial charge in [0.25, 0.3) is 5.56 Å². The number of hydrogen-bond acceptors (Lipinski definition) is 4. The van der Waals surface area contributed by atoms with E-state index in [0.29, 0.717) is 6.61 Å². The van der Waals surface area contributed by atoms with Crippen molar-refractivity contribution in [1.82, 2.24) is 14.3 Å². The minimum absolute atomic E-state index is 0.0633. The first-order chi connectivity index (χ1) is 14.5. The highest BCUT2D eigenvalue weighted by Gasteiger charge is 2.13. The molecule has 0 radical (unpaired) electrons. The zero-order valence-electron chi connectivity index (χ0n) is 15.8. The number of ether oxygens (including phenoxy) is 1. The molecular weight excluding hydrogens is 514 g/mol. The summed E-state index contributed by atoms with van der Waals surface area (Å²) >= 11 is 6.65. The molecule has 0 aliphatic heterocycles. The first-order valence-electron chi connectivity index (χ1n) is 9.19. The zero-order chi connectivity index (χ0) is 21.1. The highest BCUT2D eigenvalue weighted by Crippen LogP contribution is 2.23. The number of halogens is 2. The van der Waals surface area contributed by atoms with Crippen LogP contribution in [-0.4, -0.2) is 14.3 Å². The van der Waals surface area contributed by atoms with Crippen molar-refractivity contribution in [2.75, 3.05) is 0 Å². The smallest absolute Gasteiger partial charge is 0.349 e. The molecule has 0 aliphatic rings. The van der Waals surface area contributed by atoms with Gasteiger partial charge in [-0.2, -0.15) is 5.10 Å². The lowest BCUT2D eigenvalue weighted by Gasteiger charge is -2.12. The molecule has 0 fully saturated rings. The maximum atomic E-state index is 12.9. The molecule has 8 heteroatoms. The lowest BCUT2D eigenvalue weighted by Crippen LogP contribution is -2.42. The molecule has 0 saturated carbocycles. The average Bonchev–Trinajstić information content (AvgIpc) is 2.75. The number of fused-ring (bicyclic) bond motifs is 1. The predicted octanol–water partition coefficient (Wildman–Crippen LogP) is 4.31. The van der Waals surface area contributed by atoms with Gasteiger partial charge < -0.3 is 4.74 Å². The Morgan fingerprint density at radius 2 is 1.73 bits per heavy atom. The summed E-state index contributed by atoms with van der Waals surface area (Å²) in [6.07, 6.45) is 0. The fourth-order valence-electron chi connectivity index (χ4n) is 3.20. The van der Waals surface area contributed by atoms with E-state index in [0.717, 1.165) is 30.9 Å². The third-order valence-electron chi connectivity index (χ3n) is 4.67. The van der Waals surface area contributed by atoms with Crippen molar-refractivity contribution in [2.24, 2.45) is 0 Å². The maximum absolute atomic E-state index is 12.9. The largest absolute Gasteiger partial charge is 0.356 e. The Kier molecular flexibility index (Phi) is 6.26. The molecule has 0 bridgehead atoms. The number of rotatable bonds is 6. The van der Waals surface area contributed by atoms with E-state index in [2.05, 4.69) is 37.0 Å². The monoisotopic (exact) mass is 529 g/mol. The van der Waals surface area contributed by atoms with Crippen molar-refractivity contribution in [3.63, 3.8) is 0 Å². The number of hydrogen-bond donors (Lipinski definition) is 0. The minimum Gasteiger partial charge on any atom is -0.356 e.